The molecule has 0 aliphatic carbocycles. The maximum absolute atomic E-state index is 13.4. The van der Waals surface area contributed by atoms with E-state index >= 15 is 0 Å². The van der Waals surface area contributed by atoms with E-state index in [1.807, 2.05) is 0 Å². The lowest BCUT2D eigenvalue weighted by molar-refractivity contribution is 0.101. The molecule has 0 atom stereocenters. The summed E-state index contributed by atoms with van der Waals surface area (Å²) < 4.78 is 13.4. The van der Waals surface area contributed by atoms with Gasteiger partial charge in [-0.3, -0.25) is 4.79 Å². The zero-order valence-electron chi connectivity index (χ0n) is 10.7. The lowest BCUT2D eigenvalue weighted by Gasteiger charge is -2.09. The van der Waals surface area contributed by atoms with Crippen molar-refractivity contribution >= 4 is 34.7 Å². The van der Waals surface area contributed by atoms with Crippen molar-refractivity contribution in [1.82, 2.24) is 0 Å². The number of hydrogen-bond donors (Lipinski definition) is 1. The van der Waals surface area contributed by atoms with E-state index in [-0.39, 0.29) is 12.3 Å². The fraction of sp³-hybridized carbons (Fsp3) is 0.133. The third-order valence-electron chi connectivity index (χ3n) is 2.88. The van der Waals surface area contributed by atoms with Crippen molar-refractivity contribution in [3.63, 3.8) is 0 Å². The molecule has 2 aromatic carbocycles. The van der Waals surface area contributed by atoms with Gasteiger partial charge in [0.1, 0.15) is 5.82 Å². The average molecular weight is 312 g/mol. The zero-order valence-corrected chi connectivity index (χ0v) is 12.2. The van der Waals surface area contributed by atoms with Gasteiger partial charge in [0, 0.05) is 5.56 Å². The van der Waals surface area contributed by atoms with E-state index in [4.69, 9.17) is 23.2 Å². The normalized spacial score (nSPS) is 10.4. The van der Waals surface area contributed by atoms with E-state index in [1.165, 1.54) is 6.07 Å². The number of anilines is 1. The van der Waals surface area contributed by atoms with Crippen LogP contribution in [0.1, 0.15) is 15.9 Å². The Balaban J connectivity index is 2.08. The summed E-state index contributed by atoms with van der Waals surface area (Å²) in [5, 5.41) is 3.66. The number of ketones is 1. The van der Waals surface area contributed by atoms with E-state index in [1.54, 1.807) is 37.3 Å². The van der Waals surface area contributed by atoms with Crippen LogP contribution in [0.4, 0.5) is 10.1 Å². The summed E-state index contributed by atoms with van der Waals surface area (Å²) in [5.74, 6) is -0.614. The number of carbonyl (C=O) groups is 1. The maximum Gasteiger partial charge on any atom is 0.181 e. The van der Waals surface area contributed by atoms with Crippen LogP contribution >= 0.6 is 23.2 Å². The Hall–Kier alpha value is -1.58. The number of carbonyl (C=O) groups excluding carboxylic acids is 1. The number of Topliss-reactive ketones (excluding diaryl/α,β-unsaturated/α-hetero) is 1. The third kappa shape index (κ3) is 3.30. The highest BCUT2D eigenvalue weighted by molar-refractivity contribution is 6.43. The van der Waals surface area contributed by atoms with Gasteiger partial charge in [-0.1, -0.05) is 41.4 Å². The molecule has 0 saturated heterocycles. The van der Waals surface area contributed by atoms with Crippen molar-refractivity contribution in [2.24, 2.45) is 0 Å². The van der Waals surface area contributed by atoms with Crippen molar-refractivity contribution in [3.8, 4) is 0 Å². The molecule has 0 amide bonds. The summed E-state index contributed by atoms with van der Waals surface area (Å²) in [6.07, 6.45) is 0. The number of rotatable bonds is 4. The number of halogens is 3. The van der Waals surface area contributed by atoms with Crippen LogP contribution in [0.3, 0.4) is 0 Å². The first kappa shape index (κ1) is 14.8. The first-order chi connectivity index (χ1) is 9.49. The number of nitrogens with one attached hydrogen (secondary N) is 1. The van der Waals surface area contributed by atoms with Gasteiger partial charge in [0.05, 0.1) is 22.3 Å². The number of benzene rings is 2. The molecule has 2 rings (SSSR count). The molecule has 5 heteroatoms. The molecule has 1 N–H and O–H groups in total. The molecule has 0 spiro atoms. The lowest BCUT2D eigenvalue weighted by atomic mass is 10.1. The minimum atomic E-state index is -0.392. The van der Waals surface area contributed by atoms with Crippen LogP contribution < -0.4 is 5.32 Å². The monoisotopic (exact) mass is 311 g/mol. The van der Waals surface area contributed by atoms with Crippen LogP contribution in [0, 0.1) is 12.7 Å². The van der Waals surface area contributed by atoms with Crippen LogP contribution in [-0.2, 0) is 0 Å². The van der Waals surface area contributed by atoms with Crippen molar-refractivity contribution in [3.05, 3.63) is 63.4 Å². The van der Waals surface area contributed by atoms with Gasteiger partial charge < -0.3 is 5.32 Å². The molecule has 0 bridgehead atoms. The summed E-state index contributed by atoms with van der Waals surface area (Å²) in [6.45, 7) is 1.66. The van der Waals surface area contributed by atoms with Crippen molar-refractivity contribution < 1.29 is 9.18 Å². The minimum absolute atomic E-state index is 0.0164. The van der Waals surface area contributed by atoms with Crippen LogP contribution in [0.15, 0.2) is 36.4 Å². The van der Waals surface area contributed by atoms with E-state index in [9.17, 15) is 9.18 Å². The second kappa shape index (κ2) is 6.25. The van der Waals surface area contributed by atoms with Gasteiger partial charge in [-0.05, 0) is 30.7 Å². The first-order valence-corrected chi connectivity index (χ1v) is 6.72. The van der Waals surface area contributed by atoms with Gasteiger partial charge in [0.25, 0.3) is 0 Å². The molecule has 0 aliphatic rings. The van der Waals surface area contributed by atoms with Crippen LogP contribution in [-0.4, -0.2) is 12.3 Å². The van der Waals surface area contributed by atoms with Gasteiger partial charge in [-0.2, -0.15) is 0 Å². The molecule has 20 heavy (non-hydrogen) atoms. The van der Waals surface area contributed by atoms with Crippen molar-refractivity contribution in [2.75, 3.05) is 11.9 Å². The summed E-state index contributed by atoms with van der Waals surface area (Å²) in [4.78, 5) is 12.0. The lowest BCUT2D eigenvalue weighted by Crippen LogP contribution is -2.14. The molecular formula is C15H12Cl2FNO. The van der Waals surface area contributed by atoms with E-state index < -0.39 is 5.82 Å². The van der Waals surface area contributed by atoms with Crippen molar-refractivity contribution in [2.45, 2.75) is 6.92 Å². The third-order valence-corrected chi connectivity index (χ3v) is 3.70. The molecule has 0 radical (unpaired) electrons. The van der Waals surface area contributed by atoms with E-state index in [0.29, 0.717) is 26.9 Å². The first-order valence-electron chi connectivity index (χ1n) is 5.96. The molecule has 0 fully saturated rings. The summed E-state index contributed by atoms with van der Waals surface area (Å²) in [7, 11) is 0. The average Bonchev–Trinajstić information content (AvgIpc) is 2.43. The van der Waals surface area contributed by atoms with Crippen LogP contribution in [0.5, 0.6) is 0 Å². The fourth-order valence-corrected chi connectivity index (χ4v) is 2.05. The predicted octanol–water partition coefficient (Wildman–Crippen LogP) is 4.74. The summed E-state index contributed by atoms with van der Waals surface area (Å²) in [6, 6.07) is 9.52. The number of hydrogen-bond acceptors (Lipinski definition) is 2. The Morgan fingerprint density at radius 2 is 2.00 bits per heavy atom. The Morgan fingerprint density at radius 1 is 1.25 bits per heavy atom. The largest absolute Gasteiger partial charge is 0.376 e. The second-order valence-electron chi connectivity index (χ2n) is 4.34. The Morgan fingerprint density at radius 3 is 2.70 bits per heavy atom. The standard InChI is InChI=1S/C15H12Cl2FNO/c1-9-5-6-10(7-12(9)18)14(20)8-19-13-4-2-3-11(16)15(13)17/h2-7,19H,8H2,1H3. The summed E-state index contributed by atoms with van der Waals surface area (Å²) >= 11 is 11.9. The fourth-order valence-electron chi connectivity index (χ4n) is 1.68. The van der Waals surface area contributed by atoms with Gasteiger partial charge in [-0.25, -0.2) is 4.39 Å². The molecule has 0 heterocycles. The highest BCUT2D eigenvalue weighted by atomic mass is 35.5. The second-order valence-corrected chi connectivity index (χ2v) is 5.13. The molecule has 2 nitrogen and oxygen atoms in total. The maximum atomic E-state index is 13.4. The summed E-state index contributed by atoms with van der Waals surface area (Å²) in [5.41, 5.74) is 1.39. The smallest absolute Gasteiger partial charge is 0.181 e. The Bertz CT molecular complexity index is 658. The predicted molar refractivity (Wildman–Crippen MR) is 80.4 cm³/mol. The molecule has 0 unspecified atom stereocenters. The Kier molecular flexibility index (Phi) is 4.63. The van der Waals surface area contributed by atoms with Crippen LogP contribution in [0.25, 0.3) is 0 Å². The van der Waals surface area contributed by atoms with E-state index in [2.05, 4.69) is 5.32 Å². The highest BCUT2D eigenvalue weighted by Gasteiger charge is 2.10. The van der Waals surface area contributed by atoms with Gasteiger partial charge in [-0.15, -0.1) is 0 Å². The Labute approximate surface area is 126 Å². The topological polar surface area (TPSA) is 29.1 Å². The van der Waals surface area contributed by atoms with E-state index in [0.717, 1.165) is 0 Å². The molecular weight excluding hydrogens is 300 g/mol. The molecule has 0 saturated carbocycles. The highest BCUT2D eigenvalue weighted by Crippen LogP contribution is 2.29. The van der Waals surface area contributed by atoms with Gasteiger partial charge >= 0.3 is 0 Å². The number of aryl methyl sites for hydroxylation is 1. The molecule has 0 aromatic heterocycles. The van der Waals surface area contributed by atoms with Gasteiger partial charge in [0.2, 0.25) is 0 Å². The minimum Gasteiger partial charge on any atom is -0.376 e. The molecule has 104 valence electrons. The molecule has 0 aliphatic heterocycles. The quantitative estimate of drug-likeness (QED) is 0.827. The SMILES string of the molecule is Cc1ccc(C(=O)CNc2cccc(Cl)c2Cl)cc1F. The van der Waals surface area contributed by atoms with Gasteiger partial charge in [0.15, 0.2) is 5.78 Å². The molecule has 2 aromatic rings. The van der Waals surface area contributed by atoms with Crippen molar-refractivity contribution in [1.29, 1.82) is 0 Å². The van der Waals surface area contributed by atoms with Crippen LogP contribution in [0.2, 0.25) is 10.0 Å². The zero-order chi connectivity index (χ0) is 14.7.